The molecule has 1 atom stereocenters. The Hall–Kier alpha value is -0.750. The molecule has 0 spiro atoms. The van der Waals surface area contributed by atoms with Crippen LogP contribution in [0.4, 0.5) is 0 Å². The van der Waals surface area contributed by atoms with Crippen LogP contribution in [0.5, 0.6) is 0 Å². The van der Waals surface area contributed by atoms with Crippen LogP contribution >= 0.6 is 11.8 Å². The van der Waals surface area contributed by atoms with Gasteiger partial charge in [0.25, 0.3) is 0 Å². The van der Waals surface area contributed by atoms with E-state index in [1.807, 2.05) is 0 Å². The maximum Gasteiger partial charge on any atom is 0.305 e. The zero-order valence-corrected chi connectivity index (χ0v) is 9.55. The zero-order valence-electron chi connectivity index (χ0n) is 8.73. The highest BCUT2D eigenvalue weighted by atomic mass is 32.2. The molecule has 86 valence electrons. The molecule has 0 aromatic carbocycles. The molecule has 1 aliphatic rings. The van der Waals surface area contributed by atoms with Gasteiger partial charge in [-0.05, 0) is 7.05 Å². The molecule has 1 amide bonds. The second kappa shape index (κ2) is 5.97. The van der Waals surface area contributed by atoms with Crippen LogP contribution in [0.3, 0.4) is 0 Å². The summed E-state index contributed by atoms with van der Waals surface area (Å²) in [6.07, 6.45) is 0.0441. The molecule has 1 unspecified atom stereocenters. The highest BCUT2D eigenvalue weighted by Crippen LogP contribution is 2.18. The Labute approximate surface area is 93.2 Å². The minimum atomic E-state index is -0.843. The fourth-order valence-corrected chi connectivity index (χ4v) is 2.67. The van der Waals surface area contributed by atoms with E-state index in [4.69, 9.17) is 5.11 Å². The number of thioether (sulfide) groups is 1. The maximum absolute atomic E-state index is 11.7. The predicted octanol–water partition coefficient (Wildman–Crippen LogP) is -0.375. The average molecular weight is 232 g/mol. The number of aliphatic carboxylic acids is 1. The molecule has 5 nitrogen and oxygen atoms in total. The van der Waals surface area contributed by atoms with Gasteiger partial charge >= 0.3 is 5.97 Å². The Morgan fingerprint density at radius 3 is 2.93 bits per heavy atom. The lowest BCUT2D eigenvalue weighted by molar-refractivity contribution is -0.140. The predicted molar refractivity (Wildman–Crippen MR) is 59.0 cm³/mol. The van der Waals surface area contributed by atoms with Crippen LogP contribution in [-0.4, -0.2) is 59.6 Å². The Balaban J connectivity index is 2.56. The van der Waals surface area contributed by atoms with Crippen molar-refractivity contribution in [1.29, 1.82) is 0 Å². The van der Waals surface area contributed by atoms with E-state index in [1.54, 1.807) is 23.7 Å². The number of hydrogen-bond donors (Lipinski definition) is 2. The van der Waals surface area contributed by atoms with Gasteiger partial charge in [0.1, 0.15) is 0 Å². The molecule has 1 aliphatic heterocycles. The van der Waals surface area contributed by atoms with Crippen LogP contribution in [0.2, 0.25) is 0 Å². The molecular weight excluding hydrogens is 216 g/mol. The number of carboxylic acids is 1. The van der Waals surface area contributed by atoms with Gasteiger partial charge in [-0.25, -0.2) is 0 Å². The van der Waals surface area contributed by atoms with E-state index < -0.39 is 5.97 Å². The van der Waals surface area contributed by atoms with Gasteiger partial charge in [0, 0.05) is 18.1 Å². The van der Waals surface area contributed by atoms with Gasteiger partial charge in [0.2, 0.25) is 5.91 Å². The third kappa shape index (κ3) is 3.71. The number of amides is 1. The van der Waals surface area contributed by atoms with Gasteiger partial charge in [-0.3, -0.25) is 9.59 Å². The van der Waals surface area contributed by atoms with Crippen LogP contribution in [0.15, 0.2) is 0 Å². The van der Waals surface area contributed by atoms with Gasteiger partial charge in [-0.1, -0.05) is 0 Å². The second-order valence-electron chi connectivity index (χ2n) is 3.44. The molecule has 0 saturated carbocycles. The Bertz CT molecular complexity index is 248. The van der Waals surface area contributed by atoms with E-state index in [0.717, 1.165) is 11.5 Å². The minimum absolute atomic E-state index is 0.0101. The minimum Gasteiger partial charge on any atom is -0.481 e. The van der Waals surface area contributed by atoms with E-state index in [1.165, 1.54) is 0 Å². The summed E-state index contributed by atoms with van der Waals surface area (Å²) in [4.78, 5) is 24.0. The van der Waals surface area contributed by atoms with Gasteiger partial charge in [-0.15, -0.1) is 0 Å². The number of hydrogen-bond acceptors (Lipinski definition) is 4. The van der Waals surface area contributed by atoms with E-state index in [-0.39, 0.29) is 24.9 Å². The summed E-state index contributed by atoms with van der Waals surface area (Å²) in [6.45, 7) is 0.934. The molecule has 6 heteroatoms. The highest BCUT2D eigenvalue weighted by molar-refractivity contribution is 7.99. The summed E-state index contributed by atoms with van der Waals surface area (Å²) in [6, 6.07) is -0.151. The Kier molecular flexibility index (Phi) is 4.90. The lowest BCUT2D eigenvalue weighted by Gasteiger charge is -2.34. The molecule has 0 aromatic heterocycles. The first-order valence-corrected chi connectivity index (χ1v) is 6.04. The first-order chi connectivity index (χ1) is 7.15. The number of rotatable bonds is 4. The van der Waals surface area contributed by atoms with Crippen molar-refractivity contribution in [3.8, 4) is 0 Å². The first kappa shape index (κ1) is 12.3. The number of nitrogens with one attached hydrogen (secondary N) is 1. The third-order valence-corrected chi connectivity index (χ3v) is 3.38. The summed E-state index contributed by atoms with van der Waals surface area (Å²) >= 11 is 1.71. The van der Waals surface area contributed by atoms with E-state index >= 15 is 0 Å². The topological polar surface area (TPSA) is 69.6 Å². The number of likely N-dealkylation sites (N-methyl/N-ethyl adjacent to an activating group) is 1. The summed E-state index contributed by atoms with van der Waals surface area (Å²) < 4.78 is 0. The standard InChI is InChI=1S/C9H16N2O3S/c1-10-5-8(12)11-2-3-15-6-7(11)4-9(13)14/h7,10H,2-6H2,1H3,(H,13,14). The molecule has 1 saturated heterocycles. The van der Waals surface area contributed by atoms with Crippen LogP contribution < -0.4 is 5.32 Å². The average Bonchev–Trinajstić information content (AvgIpc) is 2.18. The van der Waals surface area contributed by atoms with E-state index in [2.05, 4.69) is 5.32 Å². The van der Waals surface area contributed by atoms with Crippen LogP contribution in [-0.2, 0) is 9.59 Å². The smallest absolute Gasteiger partial charge is 0.305 e. The van der Waals surface area contributed by atoms with Crippen molar-refractivity contribution in [3.63, 3.8) is 0 Å². The van der Waals surface area contributed by atoms with Crippen LogP contribution in [0.25, 0.3) is 0 Å². The quantitative estimate of drug-likeness (QED) is 0.692. The van der Waals surface area contributed by atoms with Crippen molar-refractivity contribution >= 4 is 23.6 Å². The van der Waals surface area contributed by atoms with Gasteiger partial charge in [-0.2, -0.15) is 11.8 Å². The lowest BCUT2D eigenvalue weighted by atomic mass is 10.2. The fraction of sp³-hybridized carbons (Fsp3) is 0.778. The first-order valence-electron chi connectivity index (χ1n) is 4.88. The maximum atomic E-state index is 11.7. The number of carbonyl (C=O) groups excluding carboxylic acids is 1. The normalized spacial score (nSPS) is 21.4. The highest BCUT2D eigenvalue weighted by Gasteiger charge is 2.28. The summed E-state index contributed by atoms with van der Waals surface area (Å²) in [5.74, 6) is 0.765. The Morgan fingerprint density at radius 2 is 2.33 bits per heavy atom. The zero-order chi connectivity index (χ0) is 11.3. The van der Waals surface area contributed by atoms with Crippen LogP contribution in [0, 0.1) is 0 Å². The van der Waals surface area contributed by atoms with Crippen molar-refractivity contribution in [2.45, 2.75) is 12.5 Å². The molecule has 0 aliphatic carbocycles. The van der Waals surface area contributed by atoms with E-state index in [9.17, 15) is 9.59 Å². The number of nitrogens with zero attached hydrogens (tertiary/aromatic N) is 1. The number of carbonyl (C=O) groups is 2. The molecular formula is C9H16N2O3S. The molecule has 15 heavy (non-hydrogen) atoms. The number of carboxylic acid groups (broad SMARTS) is 1. The summed E-state index contributed by atoms with van der Waals surface area (Å²) in [5.41, 5.74) is 0. The van der Waals surface area contributed by atoms with Gasteiger partial charge < -0.3 is 15.3 Å². The molecule has 1 rings (SSSR count). The van der Waals surface area contributed by atoms with E-state index in [0.29, 0.717) is 6.54 Å². The largest absolute Gasteiger partial charge is 0.481 e. The molecule has 2 N–H and O–H groups in total. The van der Waals surface area contributed by atoms with Crippen LogP contribution in [0.1, 0.15) is 6.42 Å². The molecule has 0 radical (unpaired) electrons. The van der Waals surface area contributed by atoms with Crippen molar-refractivity contribution in [2.24, 2.45) is 0 Å². The summed E-state index contributed by atoms with van der Waals surface area (Å²) in [5, 5.41) is 11.5. The molecule has 0 aromatic rings. The SMILES string of the molecule is CNCC(=O)N1CCSCC1CC(=O)O. The van der Waals surface area contributed by atoms with Crippen molar-refractivity contribution in [2.75, 3.05) is 31.6 Å². The van der Waals surface area contributed by atoms with Gasteiger partial charge in [0.05, 0.1) is 19.0 Å². The molecule has 0 bridgehead atoms. The van der Waals surface area contributed by atoms with Crippen molar-refractivity contribution < 1.29 is 14.7 Å². The molecule has 1 heterocycles. The second-order valence-corrected chi connectivity index (χ2v) is 4.59. The summed E-state index contributed by atoms with van der Waals surface area (Å²) in [7, 11) is 1.71. The Morgan fingerprint density at radius 1 is 1.60 bits per heavy atom. The third-order valence-electron chi connectivity index (χ3n) is 2.29. The lowest BCUT2D eigenvalue weighted by Crippen LogP contribution is -2.49. The monoisotopic (exact) mass is 232 g/mol. The molecule has 1 fully saturated rings. The van der Waals surface area contributed by atoms with Gasteiger partial charge in [0.15, 0.2) is 0 Å². The fourth-order valence-electron chi connectivity index (χ4n) is 1.61. The van der Waals surface area contributed by atoms with Crippen molar-refractivity contribution in [3.05, 3.63) is 0 Å². The van der Waals surface area contributed by atoms with Crippen molar-refractivity contribution in [1.82, 2.24) is 10.2 Å².